The Morgan fingerprint density at radius 2 is 1.88 bits per heavy atom. The summed E-state index contributed by atoms with van der Waals surface area (Å²) < 4.78 is 29.6. The Balaban J connectivity index is 2.92. The van der Waals surface area contributed by atoms with Gasteiger partial charge in [0.1, 0.15) is 5.75 Å². The molecule has 0 fully saturated rings. The maximum absolute atomic E-state index is 12.6. The fourth-order valence-electron chi connectivity index (χ4n) is 1.88. The van der Waals surface area contributed by atoms with Gasteiger partial charge >= 0.3 is 6.61 Å². The van der Waals surface area contributed by atoms with Gasteiger partial charge in [-0.3, -0.25) is 4.79 Å². The molecular weight excluding hydrogens is 377 g/mol. The number of hydrogen-bond donors (Lipinski definition) is 3. The van der Waals surface area contributed by atoms with Gasteiger partial charge in [-0.25, -0.2) is 4.99 Å². The van der Waals surface area contributed by atoms with Crippen LogP contribution >= 0.6 is 23.2 Å². The quantitative estimate of drug-likeness (QED) is 0.466. The molecule has 3 N–H and O–H groups in total. The maximum Gasteiger partial charge on any atom is 0.387 e. The average molecular weight is 397 g/mol. The van der Waals surface area contributed by atoms with Gasteiger partial charge in [-0.05, 0) is 26.0 Å². The molecule has 1 aromatic rings. The summed E-state index contributed by atoms with van der Waals surface area (Å²) in [6, 6.07) is 2.76. The number of hydrogen-bond acceptors (Lipinski definition) is 3. The zero-order valence-electron chi connectivity index (χ0n) is 13.8. The third-order valence-electron chi connectivity index (χ3n) is 2.83. The molecule has 0 saturated carbocycles. The van der Waals surface area contributed by atoms with Crippen LogP contribution in [-0.2, 0) is 11.3 Å². The molecule has 0 aliphatic rings. The number of amides is 1. The molecule has 0 saturated heterocycles. The second-order valence-corrected chi connectivity index (χ2v) is 5.60. The van der Waals surface area contributed by atoms with E-state index in [9.17, 15) is 13.6 Å². The second-order valence-electron chi connectivity index (χ2n) is 4.76. The fourth-order valence-corrected chi connectivity index (χ4v) is 2.46. The van der Waals surface area contributed by atoms with E-state index >= 15 is 0 Å². The molecule has 140 valence electrons. The van der Waals surface area contributed by atoms with Crippen molar-refractivity contribution in [1.82, 2.24) is 16.0 Å². The van der Waals surface area contributed by atoms with Crippen LogP contribution in [0.15, 0.2) is 17.1 Å². The van der Waals surface area contributed by atoms with Crippen LogP contribution in [0.1, 0.15) is 19.4 Å². The number of nitrogens with zero attached hydrogens (tertiary/aromatic N) is 1. The first-order valence-electron chi connectivity index (χ1n) is 7.58. The molecule has 0 bridgehead atoms. The van der Waals surface area contributed by atoms with Gasteiger partial charge in [-0.1, -0.05) is 23.2 Å². The summed E-state index contributed by atoms with van der Waals surface area (Å²) in [6.07, 6.45) is 0. The Morgan fingerprint density at radius 1 is 1.20 bits per heavy atom. The number of guanidine groups is 1. The first kappa shape index (κ1) is 21.2. The lowest BCUT2D eigenvalue weighted by atomic mass is 10.2. The second kappa shape index (κ2) is 10.9. The normalized spacial score (nSPS) is 11.4. The van der Waals surface area contributed by atoms with Crippen LogP contribution < -0.4 is 20.7 Å². The number of carbonyl (C=O) groups is 1. The molecule has 0 spiro atoms. The van der Waals surface area contributed by atoms with Crippen molar-refractivity contribution in [1.29, 1.82) is 0 Å². The molecule has 0 aliphatic carbocycles. The summed E-state index contributed by atoms with van der Waals surface area (Å²) in [5, 5.41) is 8.67. The molecule has 0 unspecified atom stereocenters. The van der Waals surface area contributed by atoms with Gasteiger partial charge in [0.25, 0.3) is 0 Å². The van der Waals surface area contributed by atoms with Gasteiger partial charge in [0, 0.05) is 23.7 Å². The van der Waals surface area contributed by atoms with Gasteiger partial charge in [0.2, 0.25) is 5.91 Å². The molecular formula is C15H20Cl2F2N4O2. The molecule has 0 aromatic heterocycles. The maximum atomic E-state index is 12.6. The first-order chi connectivity index (χ1) is 11.9. The van der Waals surface area contributed by atoms with E-state index in [0.717, 1.165) is 0 Å². The number of carbonyl (C=O) groups excluding carboxylic acids is 1. The van der Waals surface area contributed by atoms with E-state index in [1.165, 1.54) is 12.1 Å². The number of aliphatic imine (C=N–C) groups is 1. The Bertz CT molecular complexity index is 615. The van der Waals surface area contributed by atoms with E-state index in [-0.39, 0.29) is 34.8 Å². The van der Waals surface area contributed by atoms with Crippen molar-refractivity contribution in [3.63, 3.8) is 0 Å². The number of halogens is 4. The highest BCUT2D eigenvalue weighted by molar-refractivity contribution is 6.35. The van der Waals surface area contributed by atoms with E-state index in [1.54, 1.807) is 0 Å². The lowest BCUT2D eigenvalue weighted by Gasteiger charge is -2.14. The predicted molar refractivity (Wildman–Crippen MR) is 94.6 cm³/mol. The summed E-state index contributed by atoms with van der Waals surface area (Å²) in [4.78, 5) is 15.7. The molecule has 10 heteroatoms. The van der Waals surface area contributed by atoms with E-state index < -0.39 is 6.61 Å². The lowest BCUT2D eigenvalue weighted by molar-refractivity contribution is -0.119. The molecule has 25 heavy (non-hydrogen) atoms. The average Bonchev–Trinajstić information content (AvgIpc) is 2.53. The van der Waals surface area contributed by atoms with Crippen LogP contribution in [0.4, 0.5) is 8.78 Å². The highest BCUT2D eigenvalue weighted by Crippen LogP contribution is 2.34. The van der Waals surface area contributed by atoms with Crippen molar-refractivity contribution >= 4 is 35.1 Å². The molecule has 1 aromatic carbocycles. The Kier molecular flexibility index (Phi) is 9.30. The minimum Gasteiger partial charge on any atom is -0.433 e. The van der Waals surface area contributed by atoms with Crippen LogP contribution in [0, 0.1) is 0 Å². The number of benzene rings is 1. The van der Waals surface area contributed by atoms with Crippen LogP contribution in [0.2, 0.25) is 10.0 Å². The molecule has 0 radical (unpaired) electrons. The van der Waals surface area contributed by atoms with Crippen molar-refractivity contribution in [3.8, 4) is 5.75 Å². The topological polar surface area (TPSA) is 74.8 Å². The van der Waals surface area contributed by atoms with Crippen LogP contribution in [0.25, 0.3) is 0 Å². The van der Waals surface area contributed by atoms with Gasteiger partial charge in [0.15, 0.2) is 5.96 Å². The zero-order chi connectivity index (χ0) is 18.8. The lowest BCUT2D eigenvalue weighted by Crippen LogP contribution is -2.43. The number of ether oxygens (including phenoxy) is 1. The van der Waals surface area contributed by atoms with Crippen molar-refractivity contribution in [3.05, 3.63) is 27.7 Å². The molecule has 0 atom stereocenters. The number of alkyl halides is 2. The van der Waals surface area contributed by atoms with E-state index in [4.69, 9.17) is 23.2 Å². The summed E-state index contributed by atoms with van der Waals surface area (Å²) in [5.74, 6) is -0.0298. The van der Waals surface area contributed by atoms with Crippen LogP contribution in [-0.4, -0.2) is 38.1 Å². The standard InChI is InChI=1S/C15H20Cl2F2N4O2/c1-3-20-12(24)8-23-15(21-4-2)22-7-9-5-10(16)6-11(17)13(9)25-14(18)19/h5-6,14H,3-4,7-8H2,1-2H3,(H,20,24)(H2,21,22,23). The summed E-state index contributed by atoms with van der Waals surface area (Å²) in [5.41, 5.74) is 0.299. The Labute approximate surface area is 154 Å². The number of likely N-dealkylation sites (N-methyl/N-ethyl adjacent to an activating group) is 1. The summed E-state index contributed by atoms with van der Waals surface area (Å²) in [6.45, 7) is 1.71. The number of nitrogens with one attached hydrogen (secondary N) is 3. The predicted octanol–water partition coefficient (Wildman–Crippen LogP) is 2.79. The fraction of sp³-hybridized carbons (Fsp3) is 0.467. The Hall–Kier alpha value is -1.80. The zero-order valence-corrected chi connectivity index (χ0v) is 15.3. The molecule has 1 rings (SSSR count). The third-order valence-corrected chi connectivity index (χ3v) is 3.33. The first-order valence-corrected chi connectivity index (χ1v) is 8.34. The Morgan fingerprint density at radius 3 is 2.48 bits per heavy atom. The van der Waals surface area contributed by atoms with Gasteiger partial charge in [-0.2, -0.15) is 8.78 Å². The van der Waals surface area contributed by atoms with E-state index in [1.807, 2.05) is 13.8 Å². The SMILES string of the molecule is CCNC(=O)CNC(=NCc1cc(Cl)cc(Cl)c1OC(F)F)NCC. The van der Waals surface area contributed by atoms with Crippen molar-refractivity contribution in [2.24, 2.45) is 4.99 Å². The smallest absolute Gasteiger partial charge is 0.387 e. The van der Waals surface area contributed by atoms with Crippen molar-refractivity contribution < 1.29 is 18.3 Å². The molecule has 6 nitrogen and oxygen atoms in total. The van der Waals surface area contributed by atoms with Gasteiger partial charge in [0.05, 0.1) is 18.1 Å². The largest absolute Gasteiger partial charge is 0.433 e. The summed E-state index contributed by atoms with van der Waals surface area (Å²) in [7, 11) is 0. The number of rotatable bonds is 8. The van der Waals surface area contributed by atoms with Crippen molar-refractivity contribution in [2.75, 3.05) is 19.6 Å². The highest BCUT2D eigenvalue weighted by Gasteiger charge is 2.15. The van der Waals surface area contributed by atoms with Gasteiger partial charge < -0.3 is 20.7 Å². The minimum absolute atomic E-state index is 0.0208. The molecule has 0 heterocycles. The van der Waals surface area contributed by atoms with Crippen LogP contribution in [0.5, 0.6) is 5.75 Å². The monoisotopic (exact) mass is 396 g/mol. The highest BCUT2D eigenvalue weighted by atomic mass is 35.5. The minimum atomic E-state index is -3.02. The van der Waals surface area contributed by atoms with Crippen LogP contribution in [0.3, 0.4) is 0 Å². The molecule has 0 aliphatic heterocycles. The van der Waals surface area contributed by atoms with Gasteiger partial charge in [-0.15, -0.1) is 0 Å². The summed E-state index contributed by atoms with van der Waals surface area (Å²) >= 11 is 11.8. The van der Waals surface area contributed by atoms with Crippen molar-refractivity contribution in [2.45, 2.75) is 27.0 Å². The molecule has 1 amide bonds. The van der Waals surface area contributed by atoms with E-state index in [2.05, 4.69) is 25.7 Å². The van der Waals surface area contributed by atoms with E-state index in [0.29, 0.717) is 24.6 Å². The third kappa shape index (κ3) is 7.74.